The maximum absolute atomic E-state index is 12.6. The van der Waals surface area contributed by atoms with E-state index in [2.05, 4.69) is 91.8 Å². The average Bonchev–Trinajstić information content (AvgIpc) is 2.78. The monoisotopic (exact) mass is 413 g/mol. The lowest BCUT2D eigenvalue weighted by molar-refractivity contribution is -0.875. The number of carbonyl (C=O) groups excluding carboxylic acids is 1. The van der Waals surface area contributed by atoms with Gasteiger partial charge in [-0.1, -0.05) is 97.1 Å². The van der Waals surface area contributed by atoms with Crippen LogP contribution in [0.3, 0.4) is 0 Å². The van der Waals surface area contributed by atoms with Crippen LogP contribution in [0.5, 0.6) is 0 Å². The molecule has 0 saturated heterocycles. The number of rotatable bonds is 11. The molecule has 3 rings (SSSR count). The second-order valence-electron chi connectivity index (χ2n) is 8.68. The largest absolute Gasteiger partial charge is 0.319 e. The van der Waals surface area contributed by atoms with Crippen LogP contribution in [0, 0.1) is 0 Å². The molecule has 0 saturated carbocycles. The Labute approximate surface area is 186 Å². The zero-order chi connectivity index (χ0) is 21.9. The maximum Gasteiger partial charge on any atom is 0.216 e. The average molecular weight is 414 g/mol. The molecule has 0 heterocycles. The first kappa shape index (κ1) is 22.7. The van der Waals surface area contributed by atoms with Crippen LogP contribution in [-0.2, 0) is 13.1 Å². The van der Waals surface area contributed by atoms with Crippen molar-refractivity contribution in [1.29, 1.82) is 0 Å². The standard InChI is InChI=1S/C28H33N2O/c1-30(2,24-28(31)27-18-10-5-11-19-27)21-13-12-20-29(22-25-14-6-3-7-15-25)23-26-16-8-4-9-17-26/h3-19H,20-24H2,1-2H3/q+1. The molecule has 0 aliphatic heterocycles. The molecule has 0 aliphatic carbocycles. The summed E-state index contributed by atoms with van der Waals surface area (Å²) in [4.78, 5) is 15.0. The lowest BCUT2D eigenvalue weighted by Gasteiger charge is -2.28. The van der Waals surface area contributed by atoms with Crippen LogP contribution in [0.15, 0.2) is 103 Å². The molecule has 0 spiro atoms. The van der Waals surface area contributed by atoms with Crippen molar-refractivity contribution in [2.75, 3.05) is 33.7 Å². The zero-order valence-corrected chi connectivity index (χ0v) is 18.7. The number of nitrogens with zero attached hydrogens (tertiary/aromatic N) is 2. The molecule has 0 unspecified atom stereocenters. The summed E-state index contributed by atoms with van der Waals surface area (Å²) >= 11 is 0. The first-order valence-electron chi connectivity index (χ1n) is 10.9. The van der Waals surface area contributed by atoms with Gasteiger partial charge in [0.25, 0.3) is 0 Å². The molecule has 3 aromatic rings. The predicted molar refractivity (Wildman–Crippen MR) is 129 cm³/mol. The van der Waals surface area contributed by atoms with Crippen LogP contribution in [0.4, 0.5) is 0 Å². The van der Waals surface area contributed by atoms with Crippen LogP contribution in [0.2, 0.25) is 0 Å². The molecule has 3 nitrogen and oxygen atoms in total. The summed E-state index contributed by atoms with van der Waals surface area (Å²) in [5.74, 6) is 0.189. The molecule has 0 aliphatic rings. The van der Waals surface area contributed by atoms with Crippen molar-refractivity contribution in [3.8, 4) is 0 Å². The van der Waals surface area contributed by atoms with E-state index in [1.165, 1.54) is 11.1 Å². The molecule has 0 amide bonds. The van der Waals surface area contributed by atoms with Crippen molar-refractivity contribution >= 4 is 5.78 Å². The van der Waals surface area contributed by atoms with Gasteiger partial charge in [-0.05, 0) is 17.2 Å². The fraction of sp³-hybridized carbons (Fsp3) is 0.250. The van der Waals surface area contributed by atoms with Crippen molar-refractivity contribution in [2.45, 2.75) is 13.1 Å². The molecule has 0 fully saturated rings. The Bertz CT molecular complexity index is 909. The highest BCUT2D eigenvalue weighted by molar-refractivity contribution is 5.96. The molecule has 0 bridgehead atoms. The van der Waals surface area contributed by atoms with Crippen molar-refractivity contribution < 1.29 is 9.28 Å². The lowest BCUT2D eigenvalue weighted by Crippen LogP contribution is -2.44. The van der Waals surface area contributed by atoms with Crippen molar-refractivity contribution in [3.63, 3.8) is 0 Å². The summed E-state index contributed by atoms with van der Waals surface area (Å²) < 4.78 is 0.640. The summed E-state index contributed by atoms with van der Waals surface area (Å²) in [6.07, 6.45) is 4.44. The van der Waals surface area contributed by atoms with Crippen LogP contribution in [0.1, 0.15) is 21.5 Å². The van der Waals surface area contributed by atoms with E-state index in [1.807, 2.05) is 30.3 Å². The van der Waals surface area contributed by atoms with Gasteiger partial charge in [-0.2, -0.15) is 0 Å². The molecule has 3 heteroatoms. The number of Topliss-reactive ketones (excluding diaryl/α,β-unsaturated/α-hetero) is 1. The number of benzene rings is 3. The molecule has 0 aromatic heterocycles. The number of hydrogen-bond acceptors (Lipinski definition) is 2. The van der Waals surface area contributed by atoms with Crippen LogP contribution >= 0.6 is 0 Å². The van der Waals surface area contributed by atoms with Gasteiger partial charge >= 0.3 is 0 Å². The first-order valence-corrected chi connectivity index (χ1v) is 10.9. The Balaban J connectivity index is 1.57. The summed E-state index contributed by atoms with van der Waals surface area (Å²) in [6, 6.07) is 30.8. The van der Waals surface area contributed by atoms with Crippen LogP contribution in [0.25, 0.3) is 0 Å². The van der Waals surface area contributed by atoms with Crippen molar-refractivity contribution in [1.82, 2.24) is 4.90 Å². The van der Waals surface area contributed by atoms with E-state index in [0.717, 1.165) is 31.7 Å². The highest BCUT2D eigenvalue weighted by Gasteiger charge is 2.19. The molecule has 0 N–H and O–H groups in total. The van der Waals surface area contributed by atoms with Gasteiger partial charge in [0.15, 0.2) is 0 Å². The summed E-state index contributed by atoms with van der Waals surface area (Å²) in [6.45, 7) is 4.00. The third-order valence-electron chi connectivity index (χ3n) is 5.30. The van der Waals surface area contributed by atoms with Crippen molar-refractivity contribution in [2.24, 2.45) is 0 Å². The second kappa shape index (κ2) is 11.4. The molecule has 31 heavy (non-hydrogen) atoms. The SMILES string of the molecule is C[N+](C)(CC=CCN(Cc1ccccc1)Cc1ccccc1)CC(=O)c1ccccc1. The number of quaternary nitrogens is 1. The molecule has 0 atom stereocenters. The normalized spacial score (nSPS) is 11.8. The Hall–Kier alpha value is -3.01. The Morgan fingerprint density at radius 2 is 1.23 bits per heavy atom. The highest BCUT2D eigenvalue weighted by Crippen LogP contribution is 2.11. The van der Waals surface area contributed by atoms with Crippen LogP contribution < -0.4 is 0 Å². The van der Waals surface area contributed by atoms with E-state index in [9.17, 15) is 4.79 Å². The zero-order valence-electron chi connectivity index (χ0n) is 18.7. The number of likely N-dealkylation sites (N-methyl/N-ethyl adjacent to an activating group) is 1. The predicted octanol–water partition coefficient (Wildman–Crippen LogP) is 5.20. The van der Waals surface area contributed by atoms with Gasteiger partial charge in [-0.15, -0.1) is 0 Å². The minimum atomic E-state index is 0.189. The molecule has 0 radical (unpaired) electrons. The third kappa shape index (κ3) is 7.97. The van der Waals surface area contributed by atoms with E-state index in [4.69, 9.17) is 0 Å². The van der Waals surface area contributed by atoms with E-state index in [1.54, 1.807) is 0 Å². The summed E-state index contributed by atoms with van der Waals surface area (Å²) in [5, 5.41) is 0. The molecule has 160 valence electrons. The van der Waals surface area contributed by atoms with E-state index in [-0.39, 0.29) is 5.78 Å². The second-order valence-corrected chi connectivity index (χ2v) is 8.68. The van der Waals surface area contributed by atoms with Gasteiger partial charge in [0.05, 0.1) is 20.6 Å². The van der Waals surface area contributed by atoms with Crippen molar-refractivity contribution in [3.05, 3.63) is 120 Å². The van der Waals surface area contributed by atoms with Gasteiger partial charge in [-0.3, -0.25) is 9.69 Å². The van der Waals surface area contributed by atoms with E-state index in [0.29, 0.717) is 11.0 Å². The Kier molecular flexibility index (Phi) is 8.34. The topological polar surface area (TPSA) is 20.3 Å². The summed E-state index contributed by atoms with van der Waals surface area (Å²) in [7, 11) is 4.22. The minimum absolute atomic E-state index is 0.189. The van der Waals surface area contributed by atoms with Gasteiger partial charge in [0.2, 0.25) is 5.78 Å². The fourth-order valence-electron chi connectivity index (χ4n) is 3.62. The van der Waals surface area contributed by atoms with E-state index >= 15 is 0 Å². The number of ketones is 1. The quantitative estimate of drug-likeness (QED) is 0.244. The third-order valence-corrected chi connectivity index (χ3v) is 5.30. The number of hydrogen-bond donors (Lipinski definition) is 0. The minimum Gasteiger partial charge on any atom is -0.319 e. The molecule has 3 aromatic carbocycles. The van der Waals surface area contributed by atoms with E-state index < -0.39 is 0 Å². The number of carbonyl (C=O) groups is 1. The smallest absolute Gasteiger partial charge is 0.216 e. The van der Waals surface area contributed by atoms with Gasteiger partial charge < -0.3 is 4.48 Å². The highest BCUT2D eigenvalue weighted by atomic mass is 16.1. The summed E-state index contributed by atoms with van der Waals surface area (Å²) in [5.41, 5.74) is 3.42. The lowest BCUT2D eigenvalue weighted by atomic mass is 10.1. The maximum atomic E-state index is 12.6. The molecular weight excluding hydrogens is 380 g/mol. The fourth-order valence-corrected chi connectivity index (χ4v) is 3.62. The first-order chi connectivity index (χ1) is 15.0. The van der Waals surface area contributed by atoms with Crippen LogP contribution in [-0.4, -0.2) is 48.9 Å². The Morgan fingerprint density at radius 3 is 1.74 bits per heavy atom. The Morgan fingerprint density at radius 1 is 0.742 bits per heavy atom. The van der Waals surface area contributed by atoms with Gasteiger partial charge in [0, 0.05) is 25.2 Å². The van der Waals surface area contributed by atoms with Gasteiger partial charge in [0.1, 0.15) is 6.54 Å². The molecular formula is C28H33N2O+. The van der Waals surface area contributed by atoms with Gasteiger partial charge in [-0.25, -0.2) is 0 Å².